The van der Waals surface area contributed by atoms with Crippen molar-refractivity contribution in [2.75, 3.05) is 53.0 Å². The monoisotopic (exact) mass is 898 g/mol. The van der Waals surface area contributed by atoms with E-state index in [1.54, 1.807) is 59.0 Å². The Labute approximate surface area is 368 Å². The number of rotatable bonds is 23. The topological polar surface area (TPSA) is 276 Å². The SMILES string of the molecule is COC(=O)C(CNC(=O)c1ccc2c(cnn2CCCNC2=NCCCN2)c1)NS(=O)(=O)c1c(C)cc(OCCCC(=O)NCCNC(=O)C(N)CCC(=O)OC(C)(C)C)cc1C. The van der Waals surface area contributed by atoms with Crippen LogP contribution in [0.25, 0.3) is 10.9 Å². The molecular formula is C42H62N10O10S. The third-order valence-electron chi connectivity index (χ3n) is 9.57. The molecule has 1 aliphatic heterocycles. The number of sulfonamides is 1. The van der Waals surface area contributed by atoms with Gasteiger partial charge in [-0.05, 0) is 102 Å². The van der Waals surface area contributed by atoms with E-state index in [-0.39, 0.29) is 56.3 Å². The van der Waals surface area contributed by atoms with Crippen molar-refractivity contribution in [3.8, 4) is 5.75 Å². The number of hydrogen-bond acceptors (Lipinski definition) is 15. The number of carbonyl (C=O) groups is 5. The van der Waals surface area contributed by atoms with E-state index < -0.39 is 51.5 Å². The number of nitrogens with two attached hydrogens (primary N) is 1. The van der Waals surface area contributed by atoms with Crippen LogP contribution in [-0.4, -0.2) is 124 Å². The molecule has 0 saturated carbocycles. The molecule has 0 saturated heterocycles. The second kappa shape index (κ2) is 23.6. The molecule has 2 unspecified atom stereocenters. The molecular weight excluding hydrogens is 837 g/mol. The third-order valence-corrected chi connectivity index (χ3v) is 11.3. The number of aryl methyl sites for hydroxylation is 3. The molecule has 8 N–H and O–H groups in total. The summed E-state index contributed by atoms with van der Waals surface area (Å²) in [5.41, 5.74) is 7.08. The van der Waals surface area contributed by atoms with Crippen LogP contribution in [0.1, 0.15) is 80.8 Å². The van der Waals surface area contributed by atoms with Crippen LogP contribution in [0.15, 0.2) is 46.4 Å². The Hall–Kier alpha value is -5.80. The number of methoxy groups -OCH3 is 1. The second-order valence-electron chi connectivity index (χ2n) is 16.1. The molecule has 2 heterocycles. The smallest absolute Gasteiger partial charge is 0.325 e. The van der Waals surface area contributed by atoms with Gasteiger partial charge in [0.2, 0.25) is 21.8 Å². The van der Waals surface area contributed by atoms with Crippen molar-refractivity contribution in [1.82, 2.24) is 41.1 Å². The zero-order valence-corrected chi connectivity index (χ0v) is 37.7. The first-order valence-corrected chi connectivity index (χ1v) is 22.5. The van der Waals surface area contributed by atoms with Gasteiger partial charge in [-0.1, -0.05) is 0 Å². The van der Waals surface area contributed by atoms with E-state index in [1.807, 2.05) is 4.68 Å². The fraction of sp³-hybridized carbons (Fsp3) is 0.548. The highest BCUT2D eigenvalue weighted by atomic mass is 32.2. The highest BCUT2D eigenvalue weighted by molar-refractivity contribution is 7.89. The Morgan fingerprint density at radius 3 is 2.38 bits per heavy atom. The van der Waals surface area contributed by atoms with Gasteiger partial charge in [-0.3, -0.25) is 33.6 Å². The van der Waals surface area contributed by atoms with Crippen LogP contribution in [0.3, 0.4) is 0 Å². The van der Waals surface area contributed by atoms with Gasteiger partial charge < -0.3 is 46.5 Å². The van der Waals surface area contributed by atoms with Crippen molar-refractivity contribution >= 4 is 56.5 Å². The summed E-state index contributed by atoms with van der Waals surface area (Å²) < 4.78 is 47.5. The predicted molar refractivity (Wildman–Crippen MR) is 235 cm³/mol. The standard InChI is InChI=1S/C42H62N10O10S/c1-27-22-31(61-21-7-10-35(53)44-18-19-45-39(56)32(43)12-14-36(54)62-42(3,4)5)23-28(2)37(27)63(58,59)51-33(40(57)60-6)26-49-38(55)29-11-13-34-30(24-29)25-50-52(34)20-9-17-48-41-46-15-8-16-47-41/h11,13,22-25,32-33,51H,7-10,12,14-21,26,43H2,1-6H3,(H,44,53)(H,45,56)(H,49,55)(H2,46,47,48). The molecule has 0 aliphatic carbocycles. The van der Waals surface area contributed by atoms with E-state index in [0.29, 0.717) is 35.4 Å². The molecule has 2 atom stereocenters. The number of aromatic nitrogens is 2. The molecule has 20 nitrogen and oxygen atoms in total. The third kappa shape index (κ3) is 16.1. The van der Waals surface area contributed by atoms with Crippen LogP contribution in [0.5, 0.6) is 5.75 Å². The van der Waals surface area contributed by atoms with E-state index >= 15 is 0 Å². The van der Waals surface area contributed by atoms with Crippen LogP contribution in [0.2, 0.25) is 0 Å². The Balaban J connectivity index is 1.21. The number of fused-ring (bicyclic) bond motifs is 1. The van der Waals surface area contributed by atoms with Crippen LogP contribution in [0, 0.1) is 13.8 Å². The lowest BCUT2D eigenvalue weighted by atomic mass is 10.1. The Kier molecular flexibility index (Phi) is 18.7. The van der Waals surface area contributed by atoms with E-state index in [9.17, 15) is 32.4 Å². The molecule has 0 bridgehead atoms. The number of esters is 2. The first-order valence-electron chi connectivity index (χ1n) is 21.0. The lowest BCUT2D eigenvalue weighted by Crippen LogP contribution is -2.49. The van der Waals surface area contributed by atoms with Crippen molar-refractivity contribution in [3.05, 3.63) is 53.2 Å². The quantitative estimate of drug-likeness (QED) is 0.0519. The van der Waals surface area contributed by atoms with Gasteiger partial charge in [-0.25, -0.2) is 8.42 Å². The van der Waals surface area contributed by atoms with Crippen LogP contribution >= 0.6 is 0 Å². The molecule has 0 spiro atoms. The minimum atomic E-state index is -4.31. The maximum absolute atomic E-state index is 13.7. The molecule has 346 valence electrons. The molecule has 2 aromatic carbocycles. The first kappa shape index (κ1) is 49.9. The molecule has 1 aliphatic rings. The van der Waals surface area contributed by atoms with Crippen molar-refractivity contribution < 1.29 is 46.6 Å². The number of aliphatic imine (C=N–C) groups is 1. The Morgan fingerprint density at radius 1 is 0.968 bits per heavy atom. The van der Waals surface area contributed by atoms with E-state index in [4.69, 9.17) is 19.9 Å². The maximum atomic E-state index is 13.7. The summed E-state index contributed by atoms with van der Waals surface area (Å²) in [6.07, 6.45) is 4.11. The molecule has 0 fully saturated rings. The fourth-order valence-corrected chi connectivity index (χ4v) is 8.23. The highest BCUT2D eigenvalue weighted by Gasteiger charge is 2.30. The number of nitrogens with one attached hydrogen (secondary N) is 6. The lowest BCUT2D eigenvalue weighted by molar-refractivity contribution is -0.155. The number of ether oxygens (including phenoxy) is 3. The predicted octanol–water partition coefficient (Wildman–Crippen LogP) is 1.07. The van der Waals surface area contributed by atoms with Crippen LogP contribution in [-0.2, 0) is 45.2 Å². The van der Waals surface area contributed by atoms with Crippen LogP contribution in [0.4, 0.5) is 0 Å². The highest BCUT2D eigenvalue weighted by Crippen LogP contribution is 2.26. The normalized spacial score (nSPS) is 13.8. The zero-order chi connectivity index (χ0) is 46.2. The number of carbonyl (C=O) groups excluding carboxylic acids is 5. The van der Waals surface area contributed by atoms with E-state index in [0.717, 1.165) is 56.4 Å². The van der Waals surface area contributed by atoms with Crippen molar-refractivity contribution in [3.63, 3.8) is 0 Å². The minimum Gasteiger partial charge on any atom is -0.494 e. The lowest BCUT2D eigenvalue weighted by Gasteiger charge is -2.20. The molecule has 4 rings (SSSR count). The number of hydrogen-bond donors (Lipinski definition) is 7. The van der Waals surface area contributed by atoms with Gasteiger partial charge >= 0.3 is 11.9 Å². The van der Waals surface area contributed by atoms with Gasteiger partial charge in [0.25, 0.3) is 5.91 Å². The average molecular weight is 899 g/mol. The van der Waals surface area contributed by atoms with Crippen LogP contribution < -0.4 is 41.8 Å². The van der Waals surface area contributed by atoms with Crippen molar-refractivity contribution in [2.45, 2.75) is 102 Å². The van der Waals surface area contributed by atoms with E-state index in [2.05, 4.69) is 41.4 Å². The summed E-state index contributed by atoms with van der Waals surface area (Å²) in [6, 6.07) is 5.85. The van der Waals surface area contributed by atoms with Gasteiger partial charge in [-0.15, -0.1) is 0 Å². The zero-order valence-electron chi connectivity index (χ0n) is 36.9. The average Bonchev–Trinajstić information content (AvgIpc) is 3.64. The fourth-order valence-electron chi connectivity index (χ4n) is 6.60. The summed E-state index contributed by atoms with van der Waals surface area (Å²) in [7, 11) is -3.18. The molecule has 63 heavy (non-hydrogen) atoms. The number of amides is 3. The summed E-state index contributed by atoms with van der Waals surface area (Å²) in [4.78, 5) is 66.7. The maximum Gasteiger partial charge on any atom is 0.325 e. The minimum absolute atomic E-state index is 0.00792. The van der Waals surface area contributed by atoms with Crippen molar-refractivity contribution in [2.24, 2.45) is 10.7 Å². The van der Waals surface area contributed by atoms with Gasteiger partial charge in [0.05, 0.1) is 36.4 Å². The summed E-state index contributed by atoms with van der Waals surface area (Å²) in [5, 5.41) is 19.7. The second-order valence-corrected chi connectivity index (χ2v) is 17.7. The largest absolute Gasteiger partial charge is 0.494 e. The van der Waals surface area contributed by atoms with Crippen molar-refractivity contribution in [1.29, 1.82) is 0 Å². The Morgan fingerprint density at radius 2 is 1.70 bits per heavy atom. The Bertz CT molecular complexity index is 2200. The van der Waals surface area contributed by atoms with Gasteiger partial charge in [0, 0.05) is 69.6 Å². The first-order chi connectivity index (χ1) is 29.9. The summed E-state index contributed by atoms with van der Waals surface area (Å²) in [6.45, 7) is 11.6. The van der Waals surface area contributed by atoms with E-state index in [1.165, 1.54) is 12.1 Å². The number of benzene rings is 2. The molecule has 3 amide bonds. The van der Waals surface area contributed by atoms with Gasteiger partial charge in [-0.2, -0.15) is 9.82 Å². The molecule has 21 heteroatoms. The number of guanidine groups is 1. The molecule has 1 aromatic heterocycles. The number of nitrogens with zero attached hydrogens (tertiary/aromatic N) is 3. The molecule has 3 aromatic rings. The summed E-state index contributed by atoms with van der Waals surface area (Å²) in [5.74, 6) is -1.36. The molecule has 0 radical (unpaired) electrons. The summed E-state index contributed by atoms with van der Waals surface area (Å²) >= 11 is 0. The van der Waals surface area contributed by atoms with Gasteiger partial charge in [0.15, 0.2) is 5.96 Å². The van der Waals surface area contributed by atoms with Gasteiger partial charge in [0.1, 0.15) is 17.4 Å².